The van der Waals surface area contributed by atoms with E-state index in [1.54, 1.807) is 0 Å². The van der Waals surface area contributed by atoms with Crippen molar-refractivity contribution in [1.29, 1.82) is 0 Å². The number of rotatable bonds is 0. The van der Waals surface area contributed by atoms with Crippen molar-refractivity contribution in [2.75, 3.05) is 0 Å². The molecule has 0 aromatic heterocycles. The van der Waals surface area contributed by atoms with Gasteiger partial charge in [-0.25, -0.2) is 0 Å². The van der Waals surface area contributed by atoms with Crippen LogP contribution >= 0.6 is 0 Å². The largest absolute Gasteiger partial charge is 0.0776 e. The normalized spacial score (nSPS) is 0. The summed E-state index contributed by atoms with van der Waals surface area (Å²) in [7, 11) is 0. The second-order valence-corrected chi connectivity index (χ2v) is 0. The van der Waals surface area contributed by atoms with Gasteiger partial charge in [-0.3, -0.25) is 0 Å². The zero-order chi connectivity index (χ0) is 0. The Hall–Kier alpha value is 0. The minimum Gasteiger partial charge on any atom is -0.0776 e. The summed E-state index contributed by atoms with van der Waals surface area (Å²) >= 11 is 0. The summed E-state index contributed by atoms with van der Waals surface area (Å²) in [6.07, 6.45) is 0. The molecule has 0 nitrogen and oxygen atoms in total. The summed E-state index contributed by atoms with van der Waals surface area (Å²) in [6, 6.07) is 0. The van der Waals surface area contributed by atoms with Crippen LogP contribution in [0.25, 0.3) is 0 Å². The predicted molar refractivity (Wildman–Crippen MR) is 682 cm³/mol. The van der Waals surface area contributed by atoms with Crippen LogP contribution in [0.5, 0.6) is 0 Å². The third kappa shape index (κ3) is 0. The Bertz CT molecular complexity index is 8.11. The van der Waals surface area contributed by atoms with E-state index in [-0.39, 0.29) is 752 Å². The molecule has 101 heavy (non-hydrogen) atoms. The first-order chi connectivity index (χ1) is 0. The summed E-state index contributed by atoms with van der Waals surface area (Å²) in [5.41, 5.74) is 0. The van der Waals surface area contributed by atoms with Gasteiger partial charge in [-0.2, -0.15) is 0 Å². The van der Waals surface area contributed by atoms with Gasteiger partial charge in [0, 0.05) is 1.43 Å². The van der Waals surface area contributed by atoms with Crippen LogP contribution in [-0.4, -0.2) is 0 Å². The van der Waals surface area contributed by atoms with Crippen molar-refractivity contribution in [1.82, 2.24) is 0 Å². The minimum absolute atomic E-state index is 0. The Balaban J connectivity index is 0. The van der Waals surface area contributed by atoms with Crippen molar-refractivity contribution in [3.05, 3.63) is 0 Å². The van der Waals surface area contributed by atoms with Gasteiger partial charge in [0.1, 0.15) is 0 Å². The summed E-state index contributed by atoms with van der Waals surface area (Å²) in [5, 5.41) is 0. The van der Waals surface area contributed by atoms with E-state index in [9.17, 15) is 0 Å². The van der Waals surface area contributed by atoms with Crippen LogP contribution in [-0.2, 0) is 0 Å². The summed E-state index contributed by atoms with van der Waals surface area (Å²) < 4.78 is 0. The summed E-state index contributed by atoms with van der Waals surface area (Å²) in [4.78, 5) is 0. The fourth-order valence-corrected chi connectivity index (χ4v) is 0. The smallest absolute Gasteiger partial charge is 0 e. The van der Waals surface area contributed by atoms with Gasteiger partial charge in [0.25, 0.3) is 0 Å². The quantitative estimate of drug-likeness (QED) is 0.227. The van der Waals surface area contributed by atoms with Crippen molar-refractivity contribution in [2.45, 2.75) is 750 Å². The molecule has 0 aliphatic rings. The second kappa shape index (κ2) is 0. The van der Waals surface area contributed by atoms with E-state index in [0.717, 1.165) is 0 Å². The Morgan fingerprint density at radius 2 is 0.0198 bits per heavy atom. The monoisotopic (exact) mass is 1620 g/mol. The molecule has 0 aliphatic carbocycles. The zero-order valence-corrected chi connectivity index (χ0v) is 0. The van der Waals surface area contributed by atoms with Gasteiger partial charge in [0.05, 0.1) is 0 Å². The predicted octanol–water partition coefficient (Wildman–Crippen LogP) is 64.5. The maximum Gasteiger partial charge on any atom is 0 e. The minimum atomic E-state index is 0. The van der Waals surface area contributed by atoms with Crippen LogP contribution in [0.4, 0.5) is 0 Å². The van der Waals surface area contributed by atoms with Crippen molar-refractivity contribution in [3.63, 3.8) is 0 Å². The summed E-state index contributed by atoms with van der Waals surface area (Å²) in [6.45, 7) is 0. The molecule has 0 aromatic carbocycles. The van der Waals surface area contributed by atoms with Gasteiger partial charge in [0.15, 0.2) is 0 Å². The highest BCUT2D eigenvalue weighted by Crippen LogP contribution is 0.244. The van der Waals surface area contributed by atoms with Crippen LogP contribution in [0, 0.1) is 0 Å². The maximum absolute atomic E-state index is 0. The third-order valence-electron chi connectivity index (χ3n) is 0. The molecule has 0 heterocycles. The lowest BCUT2D eigenvalue weighted by atomic mass is 12.0. The van der Waals surface area contributed by atoms with E-state index in [1.807, 2.05) is 0 Å². The Morgan fingerprint density at radius 3 is 0.0198 bits per heavy atom. The van der Waals surface area contributed by atoms with E-state index in [1.165, 1.54) is 0 Å². The first-order valence-electron chi connectivity index (χ1n) is 0. The van der Waals surface area contributed by atoms with Gasteiger partial charge < -0.3 is 0 Å². The highest BCUT2D eigenvalue weighted by atomic mass is 12.1. The van der Waals surface area contributed by atoms with E-state index >= 15 is 0 Å². The second-order valence-electron chi connectivity index (χ2n) is 0. The van der Waals surface area contributed by atoms with Crippen molar-refractivity contribution >= 4 is 0 Å². The molecule has 0 saturated carbocycles. The fourth-order valence-electron chi connectivity index (χ4n) is 0. The fraction of sp³-hybridized carbons (Fsp3) is 1.00. The van der Waals surface area contributed by atoms with E-state index < -0.39 is 0 Å². The average molecular weight is 1620 g/mol. The molecule has 0 unspecified atom stereocenters. The highest BCUT2D eigenvalue weighted by molar-refractivity contribution is 2.60. The first kappa shape index (κ1) is 0. The topological polar surface area (TPSA) is 0 Å². The number of hydrogen-bond acceptors (Lipinski definition) is 0. The third-order valence-corrected chi connectivity index (χ3v) is 0. The van der Waals surface area contributed by atoms with Crippen molar-refractivity contribution in [2.24, 2.45) is 0 Å². The van der Waals surface area contributed by atoms with Crippen LogP contribution in [0.1, 0.15) is 752 Å². The molecular formula is C101H406. The molecule has 0 spiro atoms. The molecule has 0 saturated heterocycles. The molecule has 0 aliphatic heterocycles. The standard InChI is InChI=1S/101CH4.H2/h101*1H4;1H/i;;;;;;;;;;;;;;;;;;;;;;;;;;;;;;;;;;;;;;;;;;;;;;;;;;;;;;;;;;;;;;;;;;;;;;;;;;;;;;;;;;;;;;;;;;;;;;;;;;;;;1+2. The van der Waals surface area contributed by atoms with Gasteiger partial charge in [-0.1, -0.05) is 750 Å². The molecule has 0 heteroatoms. The van der Waals surface area contributed by atoms with Crippen LogP contribution in [0.15, 0.2) is 0 Å². The van der Waals surface area contributed by atoms with Gasteiger partial charge in [0.2, 0.25) is 0 Å². The zero-order valence-electron chi connectivity index (χ0n) is 0. The van der Waals surface area contributed by atoms with Gasteiger partial charge in [-0.15, -0.1) is 0 Å². The first-order valence-corrected chi connectivity index (χ1v) is 0. The molecule has 810 valence electrons. The van der Waals surface area contributed by atoms with Crippen LogP contribution in [0.3, 0.4) is 0 Å². The lowest BCUT2D eigenvalue weighted by Crippen LogP contribution is 0.143. The molecule has 0 amide bonds. The number of hydrogen-bond donors (Lipinski definition) is 0. The van der Waals surface area contributed by atoms with Crippen molar-refractivity contribution < 1.29 is 1.43 Å². The molecule has 0 bridgehead atoms. The lowest BCUT2D eigenvalue weighted by Gasteiger charge is -0.0786. The Morgan fingerprint density at radius 1 is 0.0198 bits per heavy atom. The lowest BCUT2D eigenvalue weighted by molar-refractivity contribution is 2.50. The SMILES string of the molecule is C.C.C.C.C.C.C.C.C.C.C.C.C.C.C.C.C.C.C.C.C.C.C.C.C.C.C.C.C.C.C.C.C.C.C.C.C.C.C.C.C.C.C.C.C.C.C.C.C.C.C.C.C.C.C.C.C.C.C.C.C.C.C.C.C.C.C.C.C.C.C.C.C.C.C.C.C.C.C.C.C.C.C.C.C.C.C.C.C.C.C.C.C.C.C.C.C.C.C.C.C.[3HH]. The van der Waals surface area contributed by atoms with E-state index in [2.05, 4.69) is 0 Å². The Kier molecular flexibility index (Phi) is 0. The average Bonchev–Trinajstić information content (AvgIpc) is 0. The molecule has 0 aromatic rings. The van der Waals surface area contributed by atoms with Crippen LogP contribution < -0.4 is 0 Å². The molecule has 0 N–H and O–H groups in total. The molecule has 0 atom stereocenters. The van der Waals surface area contributed by atoms with E-state index in [0.29, 0.717) is 0 Å². The van der Waals surface area contributed by atoms with Crippen LogP contribution in [0.2, 0.25) is 0 Å². The Labute approximate surface area is 747 Å². The molecule has 0 rings (SSSR count). The molecule has 0 fully saturated rings. The van der Waals surface area contributed by atoms with Gasteiger partial charge in [-0.05, 0) is 0 Å². The molecule has 0 radical (unpaired) electrons. The summed E-state index contributed by atoms with van der Waals surface area (Å²) in [5.74, 6) is 0. The maximum atomic E-state index is 0. The highest BCUT2D eigenvalue weighted by Gasteiger charge is 0.0224. The van der Waals surface area contributed by atoms with E-state index in [4.69, 9.17) is 0 Å². The molecular weight excluding hydrogens is 1210 g/mol. The van der Waals surface area contributed by atoms with Crippen molar-refractivity contribution in [3.8, 4) is 0 Å². The van der Waals surface area contributed by atoms with Gasteiger partial charge >= 0.3 is 0 Å².